The van der Waals surface area contributed by atoms with E-state index in [1.807, 2.05) is 6.08 Å². The van der Waals surface area contributed by atoms with Gasteiger partial charge in [0.2, 0.25) is 0 Å². The van der Waals surface area contributed by atoms with Gasteiger partial charge < -0.3 is 15.3 Å². The third kappa shape index (κ3) is 2.04. The van der Waals surface area contributed by atoms with Crippen LogP contribution in [0.1, 0.15) is 12.8 Å². The monoisotopic (exact) mass is 180 g/mol. The lowest BCUT2D eigenvalue weighted by atomic mass is 10.0. The number of hydrogen-bond acceptors (Lipinski definition) is 3. The molecular formula is C10H16N2O. The Morgan fingerprint density at radius 3 is 2.85 bits per heavy atom. The molecule has 0 bridgehead atoms. The molecule has 0 radical (unpaired) electrons. The second-order valence-corrected chi connectivity index (χ2v) is 3.65. The van der Waals surface area contributed by atoms with Crippen molar-refractivity contribution in [2.75, 3.05) is 19.6 Å². The van der Waals surface area contributed by atoms with Crippen molar-refractivity contribution in [1.82, 2.24) is 10.2 Å². The molecule has 3 heteroatoms. The highest BCUT2D eigenvalue weighted by atomic mass is 16.3. The van der Waals surface area contributed by atoms with Crippen LogP contribution >= 0.6 is 0 Å². The molecule has 13 heavy (non-hydrogen) atoms. The van der Waals surface area contributed by atoms with Crippen LogP contribution in [0, 0.1) is 0 Å². The zero-order valence-corrected chi connectivity index (χ0v) is 7.74. The first kappa shape index (κ1) is 8.63. The number of aliphatic hydroxyl groups excluding tert-OH is 1. The summed E-state index contributed by atoms with van der Waals surface area (Å²) in [7, 11) is 0. The summed E-state index contributed by atoms with van der Waals surface area (Å²) in [6.07, 6.45) is 8.11. The maximum Gasteiger partial charge on any atom is 0.112 e. The van der Waals surface area contributed by atoms with Crippen LogP contribution in [0.5, 0.6) is 0 Å². The number of nitrogens with zero attached hydrogens (tertiary/aromatic N) is 1. The van der Waals surface area contributed by atoms with E-state index >= 15 is 0 Å². The first-order chi connectivity index (χ1) is 6.36. The third-order valence-corrected chi connectivity index (χ3v) is 2.69. The zero-order chi connectivity index (χ0) is 9.10. The largest absolute Gasteiger partial charge is 0.510 e. The van der Waals surface area contributed by atoms with Crippen LogP contribution < -0.4 is 5.32 Å². The molecular weight excluding hydrogens is 164 g/mol. The van der Waals surface area contributed by atoms with Gasteiger partial charge in [0.05, 0.1) is 6.54 Å². The maximum atomic E-state index is 9.36. The molecule has 0 aromatic carbocycles. The van der Waals surface area contributed by atoms with Gasteiger partial charge in [-0.05, 0) is 44.3 Å². The average molecular weight is 180 g/mol. The molecule has 0 aliphatic carbocycles. The molecule has 0 amide bonds. The first-order valence-electron chi connectivity index (χ1n) is 4.89. The number of aliphatic hydroxyl groups is 1. The van der Waals surface area contributed by atoms with E-state index in [4.69, 9.17) is 0 Å². The molecule has 2 heterocycles. The second kappa shape index (κ2) is 3.83. The minimum Gasteiger partial charge on any atom is -0.510 e. The van der Waals surface area contributed by atoms with Gasteiger partial charge in [-0.1, -0.05) is 0 Å². The Kier molecular flexibility index (Phi) is 2.54. The molecule has 0 saturated carbocycles. The van der Waals surface area contributed by atoms with Gasteiger partial charge >= 0.3 is 0 Å². The molecule has 2 rings (SSSR count). The molecule has 0 aromatic heterocycles. The van der Waals surface area contributed by atoms with Crippen LogP contribution in [0.4, 0.5) is 0 Å². The molecule has 0 spiro atoms. The normalized spacial score (nSPS) is 24.6. The smallest absolute Gasteiger partial charge is 0.112 e. The Labute approximate surface area is 78.7 Å². The van der Waals surface area contributed by atoms with E-state index < -0.39 is 0 Å². The van der Waals surface area contributed by atoms with Gasteiger partial charge in [0.15, 0.2) is 0 Å². The highest BCUT2D eigenvalue weighted by Crippen LogP contribution is 2.15. The van der Waals surface area contributed by atoms with E-state index in [1.54, 1.807) is 6.08 Å². The number of nitrogens with one attached hydrogen (secondary N) is 1. The lowest BCUT2D eigenvalue weighted by Crippen LogP contribution is -2.41. The second-order valence-electron chi connectivity index (χ2n) is 3.65. The standard InChI is InChI=1S/C10H16N2O/c13-10-2-1-7-12(8-10)9-3-5-11-6-4-9/h1-2,7,9,11,13H,3-6,8H2. The number of rotatable bonds is 1. The number of allylic oxidation sites excluding steroid dienone is 2. The Bertz CT molecular complexity index is 229. The molecule has 0 unspecified atom stereocenters. The van der Waals surface area contributed by atoms with E-state index in [0.717, 1.165) is 13.1 Å². The lowest BCUT2D eigenvalue weighted by Gasteiger charge is -2.34. The molecule has 2 aliphatic heterocycles. The van der Waals surface area contributed by atoms with Gasteiger partial charge in [-0.15, -0.1) is 0 Å². The maximum absolute atomic E-state index is 9.36. The van der Waals surface area contributed by atoms with Crippen LogP contribution in [-0.4, -0.2) is 35.7 Å². The molecule has 0 atom stereocenters. The lowest BCUT2D eigenvalue weighted by molar-refractivity contribution is 0.210. The minimum atomic E-state index is 0.473. The Hall–Kier alpha value is -0.960. The van der Waals surface area contributed by atoms with Crippen molar-refractivity contribution in [3.8, 4) is 0 Å². The highest BCUT2D eigenvalue weighted by molar-refractivity contribution is 5.14. The van der Waals surface area contributed by atoms with E-state index in [-0.39, 0.29) is 0 Å². The van der Waals surface area contributed by atoms with Crippen LogP contribution in [0.2, 0.25) is 0 Å². The van der Waals surface area contributed by atoms with Gasteiger partial charge in [0.1, 0.15) is 5.76 Å². The van der Waals surface area contributed by atoms with E-state index in [9.17, 15) is 5.11 Å². The Balaban J connectivity index is 1.93. The van der Waals surface area contributed by atoms with E-state index in [2.05, 4.69) is 16.4 Å². The van der Waals surface area contributed by atoms with Crippen molar-refractivity contribution in [3.63, 3.8) is 0 Å². The summed E-state index contributed by atoms with van der Waals surface area (Å²) < 4.78 is 0. The van der Waals surface area contributed by atoms with Crippen LogP contribution in [0.3, 0.4) is 0 Å². The summed E-state index contributed by atoms with van der Waals surface area (Å²) in [5, 5.41) is 12.7. The fourth-order valence-electron chi connectivity index (χ4n) is 1.95. The quantitative estimate of drug-likeness (QED) is 0.632. The van der Waals surface area contributed by atoms with Gasteiger partial charge in [-0.2, -0.15) is 0 Å². The van der Waals surface area contributed by atoms with Crippen LogP contribution in [0.15, 0.2) is 24.1 Å². The van der Waals surface area contributed by atoms with E-state index in [1.165, 1.54) is 12.8 Å². The summed E-state index contributed by atoms with van der Waals surface area (Å²) in [5.41, 5.74) is 0. The summed E-state index contributed by atoms with van der Waals surface area (Å²) in [6.45, 7) is 2.88. The van der Waals surface area contributed by atoms with Gasteiger partial charge in [0.25, 0.3) is 0 Å². The summed E-state index contributed by atoms with van der Waals surface area (Å²) in [6, 6.07) is 0.605. The van der Waals surface area contributed by atoms with Crippen molar-refractivity contribution < 1.29 is 5.11 Å². The molecule has 3 nitrogen and oxygen atoms in total. The van der Waals surface area contributed by atoms with Crippen molar-refractivity contribution in [2.45, 2.75) is 18.9 Å². The van der Waals surface area contributed by atoms with Crippen molar-refractivity contribution in [3.05, 3.63) is 24.1 Å². The topological polar surface area (TPSA) is 35.5 Å². The SMILES string of the molecule is OC1=CC=CN(C2CCNCC2)C1. The highest BCUT2D eigenvalue weighted by Gasteiger charge is 2.19. The fourth-order valence-corrected chi connectivity index (χ4v) is 1.95. The summed E-state index contributed by atoms with van der Waals surface area (Å²) in [5.74, 6) is 0.473. The van der Waals surface area contributed by atoms with Gasteiger partial charge in [-0.25, -0.2) is 0 Å². The Morgan fingerprint density at radius 2 is 2.15 bits per heavy atom. The molecule has 1 saturated heterocycles. The molecule has 2 N–H and O–H groups in total. The van der Waals surface area contributed by atoms with Crippen LogP contribution in [0.25, 0.3) is 0 Å². The van der Waals surface area contributed by atoms with Gasteiger partial charge in [0, 0.05) is 6.04 Å². The zero-order valence-electron chi connectivity index (χ0n) is 7.74. The third-order valence-electron chi connectivity index (χ3n) is 2.69. The first-order valence-corrected chi connectivity index (χ1v) is 4.89. The molecule has 72 valence electrons. The van der Waals surface area contributed by atoms with Crippen molar-refractivity contribution in [2.24, 2.45) is 0 Å². The fraction of sp³-hybridized carbons (Fsp3) is 0.600. The van der Waals surface area contributed by atoms with Gasteiger partial charge in [-0.3, -0.25) is 0 Å². The molecule has 2 aliphatic rings. The minimum absolute atomic E-state index is 0.473. The average Bonchev–Trinajstić information content (AvgIpc) is 2.19. The van der Waals surface area contributed by atoms with Crippen molar-refractivity contribution >= 4 is 0 Å². The Morgan fingerprint density at radius 1 is 1.38 bits per heavy atom. The number of hydrogen-bond donors (Lipinski definition) is 2. The predicted molar refractivity (Wildman–Crippen MR) is 52.4 cm³/mol. The summed E-state index contributed by atoms with van der Waals surface area (Å²) >= 11 is 0. The molecule has 0 aromatic rings. The predicted octanol–water partition coefficient (Wildman–Crippen LogP) is 1.01. The number of piperidine rings is 1. The van der Waals surface area contributed by atoms with E-state index in [0.29, 0.717) is 18.3 Å². The van der Waals surface area contributed by atoms with Crippen molar-refractivity contribution in [1.29, 1.82) is 0 Å². The summed E-state index contributed by atoms with van der Waals surface area (Å²) in [4.78, 5) is 2.23. The molecule has 1 fully saturated rings. The van der Waals surface area contributed by atoms with Crippen LogP contribution in [-0.2, 0) is 0 Å².